The van der Waals surface area contributed by atoms with Gasteiger partial charge in [-0.05, 0) is 25.5 Å². The van der Waals surface area contributed by atoms with Gasteiger partial charge in [-0.1, -0.05) is 25.5 Å². The Hall–Kier alpha value is -1.40. The van der Waals surface area contributed by atoms with Crippen LogP contribution in [0.15, 0.2) is 24.3 Å². The van der Waals surface area contributed by atoms with Crippen molar-refractivity contribution in [1.82, 2.24) is 0 Å². The summed E-state index contributed by atoms with van der Waals surface area (Å²) in [7, 11) is 1.66. The molecule has 0 saturated carbocycles. The molecule has 1 atom stereocenters. The molecule has 1 aromatic rings. The summed E-state index contributed by atoms with van der Waals surface area (Å²) in [6.07, 6.45) is 2.10. The van der Waals surface area contributed by atoms with Gasteiger partial charge in [-0.25, -0.2) is 4.39 Å². The van der Waals surface area contributed by atoms with Crippen LogP contribution < -0.4 is 9.80 Å². The highest BCUT2D eigenvalue weighted by Gasteiger charge is 2.44. The zero-order valence-corrected chi connectivity index (χ0v) is 12.1. The molecular formula is C13H23BF4N2. The smallest absolute Gasteiger partial charge is 0.214 e. The van der Waals surface area contributed by atoms with E-state index in [0.717, 1.165) is 30.8 Å². The molecule has 116 valence electrons. The number of alkyl halides is 1. The van der Waals surface area contributed by atoms with Crippen molar-refractivity contribution < 1.29 is 18.5 Å². The van der Waals surface area contributed by atoms with Gasteiger partial charge in [0.15, 0.2) is 0 Å². The molecule has 1 aliphatic heterocycles. The molecule has 1 aliphatic rings. The fourth-order valence-corrected chi connectivity index (χ4v) is 2.61. The van der Waals surface area contributed by atoms with E-state index >= 15 is 0 Å². The number of fused-ring (bicyclic) bond motifs is 1. The second-order valence-electron chi connectivity index (χ2n) is 4.64. The lowest BCUT2D eigenvalue weighted by molar-refractivity contribution is 0.265. The molecule has 0 N–H and O–H groups in total. The van der Waals surface area contributed by atoms with E-state index in [-0.39, 0.29) is 14.1 Å². The van der Waals surface area contributed by atoms with Crippen LogP contribution in [-0.2, 0) is 0 Å². The highest BCUT2D eigenvalue weighted by atomic mass is 19.1. The van der Waals surface area contributed by atoms with E-state index in [1.165, 1.54) is 0 Å². The summed E-state index contributed by atoms with van der Waals surface area (Å²) in [6.45, 7) is 5.59. The number of rotatable bonds is 4. The molecule has 0 saturated heterocycles. The van der Waals surface area contributed by atoms with Gasteiger partial charge in [0.2, 0.25) is 13.7 Å². The molecule has 1 aromatic carbocycles. The van der Waals surface area contributed by atoms with Crippen LogP contribution in [0.2, 0.25) is 0 Å². The van der Waals surface area contributed by atoms with Crippen molar-refractivity contribution in [1.29, 1.82) is 0 Å². The van der Waals surface area contributed by atoms with Crippen molar-refractivity contribution in [2.45, 2.75) is 32.5 Å². The minimum Gasteiger partial charge on any atom is -0.329 e. The first-order valence-electron chi connectivity index (χ1n) is 6.46. The third-order valence-corrected chi connectivity index (χ3v) is 3.50. The quantitative estimate of drug-likeness (QED) is 0.478. The average molecular weight is 294 g/mol. The third kappa shape index (κ3) is 3.19. The standard InChI is InChI=1S/C13H20BFN2.3FH/c1-3-5-10-17-12-9-7-6-8-11(12)16(4-2)13(17,14)15;;;/h6-9H,3-5,10,14H2,1-2H3;3*1H. The second kappa shape index (κ2) is 8.02. The maximum atomic E-state index is 14.9. The SMILES string of the molecule is BC1(F)N(CC)c2ccccc2N1CCCC.F.F.F. The lowest BCUT2D eigenvalue weighted by atomic mass is 9.99. The summed E-state index contributed by atoms with van der Waals surface area (Å²) in [5.41, 5.74) is 2.03. The minimum atomic E-state index is -1.40. The van der Waals surface area contributed by atoms with Crippen LogP contribution in [0.5, 0.6) is 0 Å². The summed E-state index contributed by atoms with van der Waals surface area (Å²) in [6, 6.07) is 7.97. The summed E-state index contributed by atoms with van der Waals surface area (Å²) in [5, 5.41) is 0. The number of anilines is 2. The van der Waals surface area contributed by atoms with Crippen LogP contribution >= 0.6 is 0 Å². The van der Waals surface area contributed by atoms with Crippen LogP contribution in [0.25, 0.3) is 0 Å². The summed E-state index contributed by atoms with van der Waals surface area (Å²) in [5.74, 6) is -1.40. The molecular weight excluding hydrogens is 271 g/mol. The Morgan fingerprint density at radius 2 is 1.55 bits per heavy atom. The third-order valence-electron chi connectivity index (χ3n) is 3.50. The summed E-state index contributed by atoms with van der Waals surface area (Å²) in [4.78, 5) is 3.72. The molecule has 2 nitrogen and oxygen atoms in total. The van der Waals surface area contributed by atoms with Gasteiger partial charge in [-0.15, -0.1) is 0 Å². The lowest BCUT2D eigenvalue weighted by Gasteiger charge is -2.36. The van der Waals surface area contributed by atoms with Crippen molar-refractivity contribution in [2.24, 2.45) is 0 Å². The number of unbranched alkanes of at least 4 members (excludes halogenated alkanes) is 1. The van der Waals surface area contributed by atoms with Gasteiger partial charge >= 0.3 is 0 Å². The van der Waals surface area contributed by atoms with E-state index in [9.17, 15) is 4.39 Å². The highest BCUT2D eigenvalue weighted by molar-refractivity contribution is 6.19. The number of para-hydroxylation sites is 2. The van der Waals surface area contributed by atoms with Crippen LogP contribution in [-0.4, -0.2) is 26.8 Å². The summed E-state index contributed by atoms with van der Waals surface area (Å²) >= 11 is 0. The van der Waals surface area contributed by atoms with Crippen molar-refractivity contribution in [3.8, 4) is 0 Å². The molecule has 0 aromatic heterocycles. The molecule has 7 heteroatoms. The van der Waals surface area contributed by atoms with E-state index in [2.05, 4.69) is 6.92 Å². The Labute approximate surface area is 118 Å². The molecule has 1 heterocycles. The molecule has 0 spiro atoms. The fraction of sp³-hybridized carbons (Fsp3) is 0.538. The first kappa shape index (κ1) is 20.9. The number of hydrogen-bond acceptors (Lipinski definition) is 2. The normalized spacial score (nSPS) is 19.6. The predicted molar refractivity (Wildman–Crippen MR) is 81.6 cm³/mol. The zero-order chi connectivity index (χ0) is 12.5. The maximum Gasteiger partial charge on any atom is 0.214 e. The van der Waals surface area contributed by atoms with Crippen molar-refractivity contribution in [3.05, 3.63) is 24.3 Å². The Morgan fingerprint density at radius 3 is 2.00 bits per heavy atom. The summed E-state index contributed by atoms with van der Waals surface area (Å²) < 4.78 is 14.9. The Bertz CT molecular complexity index is 404. The lowest BCUT2D eigenvalue weighted by Crippen LogP contribution is -2.54. The van der Waals surface area contributed by atoms with Gasteiger partial charge in [-0.3, -0.25) is 14.1 Å². The first-order chi connectivity index (χ1) is 8.12. The Morgan fingerprint density at radius 1 is 1.05 bits per heavy atom. The fourth-order valence-electron chi connectivity index (χ4n) is 2.61. The van der Waals surface area contributed by atoms with Crippen LogP contribution in [0, 0.1) is 0 Å². The van der Waals surface area contributed by atoms with Crippen molar-refractivity contribution in [3.63, 3.8) is 0 Å². The Balaban J connectivity index is 0. The first-order valence-corrected chi connectivity index (χ1v) is 6.46. The van der Waals surface area contributed by atoms with Gasteiger partial charge < -0.3 is 9.80 Å². The monoisotopic (exact) mass is 294 g/mol. The highest BCUT2D eigenvalue weighted by Crippen LogP contribution is 2.44. The van der Waals surface area contributed by atoms with E-state index in [4.69, 9.17) is 0 Å². The van der Waals surface area contributed by atoms with E-state index in [1.807, 2.05) is 41.0 Å². The van der Waals surface area contributed by atoms with Crippen molar-refractivity contribution >= 4 is 19.2 Å². The van der Waals surface area contributed by atoms with Crippen molar-refractivity contribution in [2.75, 3.05) is 22.9 Å². The zero-order valence-electron chi connectivity index (χ0n) is 12.1. The number of hydrogen-bond donors (Lipinski definition) is 0. The average Bonchev–Trinajstić information content (AvgIpc) is 2.53. The molecule has 20 heavy (non-hydrogen) atoms. The van der Waals surface area contributed by atoms with E-state index in [1.54, 1.807) is 7.85 Å². The van der Waals surface area contributed by atoms with Gasteiger partial charge in [0.1, 0.15) is 0 Å². The molecule has 0 aliphatic carbocycles. The molecule has 0 bridgehead atoms. The second-order valence-corrected chi connectivity index (χ2v) is 4.64. The largest absolute Gasteiger partial charge is 0.329 e. The molecule has 0 radical (unpaired) electrons. The maximum absolute atomic E-state index is 14.9. The predicted octanol–water partition coefficient (Wildman–Crippen LogP) is 2.80. The minimum absolute atomic E-state index is 0. The molecule has 0 amide bonds. The number of halogens is 4. The van der Waals surface area contributed by atoms with Crippen LogP contribution in [0.1, 0.15) is 26.7 Å². The van der Waals surface area contributed by atoms with E-state index in [0.29, 0.717) is 6.54 Å². The Kier molecular flexibility index (Phi) is 8.38. The van der Waals surface area contributed by atoms with Gasteiger partial charge in [-0.2, -0.15) is 0 Å². The van der Waals surface area contributed by atoms with Gasteiger partial charge in [0.05, 0.1) is 11.4 Å². The number of nitrogens with zero attached hydrogens (tertiary/aromatic N) is 2. The van der Waals surface area contributed by atoms with Gasteiger partial charge in [0, 0.05) is 13.1 Å². The number of benzene rings is 1. The molecule has 2 rings (SSSR count). The van der Waals surface area contributed by atoms with Gasteiger partial charge in [0.25, 0.3) is 0 Å². The topological polar surface area (TPSA) is 6.48 Å². The van der Waals surface area contributed by atoms with E-state index < -0.39 is 5.82 Å². The van der Waals surface area contributed by atoms with Crippen LogP contribution in [0.4, 0.5) is 29.9 Å². The van der Waals surface area contributed by atoms with Crippen LogP contribution in [0.3, 0.4) is 0 Å². The molecule has 1 unspecified atom stereocenters. The molecule has 0 fully saturated rings.